The zero-order chi connectivity index (χ0) is 26.2. The van der Waals surface area contributed by atoms with Gasteiger partial charge in [-0.2, -0.15) is 0 Å². The Morgan fingerprint density at radius 3 is 1.20 bits per heavy atom. The Morgan fingerprint density at radius 1 is 0.657 bits per heavy atom. The van der Waals surface area contributed by atoms with Gasteiger partial charge in [0, 0.05) is 22.7 Å². The van der Waals surface area contributed by atoms with Crippen LogP contribution in [0.25, 0.3) is 0 Å². The molecular weight excluding hydrogens is 464 g/mol. The van der Waals surface area contributed by atoms with Crippen LogP contribution in [0.4, 0.5) is 0 Å². The van der Waals surface area contributed by atoms with Gasteiger partial charge in [0.1, 0.15) is 0 Å². The zero-order valence-electron chi connectivity index (χ0n) is 19.2. The van der Waals surface area contributed by atoms with Gasteiger partial charge in [0.05, 0.1) is 21.0 Å². The number of hydrogen-bond acceptors (Lipinski definition) is 9. The molecule has 0 aliphatic rings. The highest BCUT2D eigenvalue weighted by molar-refractivity contribution is 5.25. The van der Waals surface area contributed by atoms with Crippen LogP contribution in [0.1, 0.15) is 50.7 Å². The van der Waals surface area contributed by atoms with E-state index in [4.69, 9.17) is 4.74 Å². The number of nitro groups is 4. The molecule has 0 heterocycles. The van der Waals surface area contributed by atoms with Crippen LogP contribution in [0.2, 0.25) is 0 Å². The van der Waals surface area contributed by atoms with Crippen LogP contribution in [0.15, 0.2) is 60.7 Å². The van der Waals surface area contributed by atoms with E-state index < -0.39 is 43.2 Å². The summed E-state index contributed by atoms with van der Waals surface area (Å²) in [5.41, 5.74) is -6.88. The number of benzene rings is 2. The average molecular weight is 490 g/mol. The first-order valence-electron chi connectivity index (χ1n) is 11.0. The van der Waals surface area contributed by atoms with E-state index in [0.29, 0.717) is 0 Å². The topological polar surface area (TPSA) is 182 Å². The average Bonchev–Trinajstić information content (AvgIpc) is 2.83. The maximum atomic E-state index is 12.7. The molecule has 188 valence electrons. The van der Waals surface area contributed by atoms with Gasteiger partial charge in [0.2, 0.25) is 0 Å². The number of hydrogen-bond donors (Lipinski definition) is 0. The van der Waals surface area contributed by atoms with E-state index in [0.717, 1.165) is 0 Å². The molecule has 0 radical (unpaired) electrons. The maximum Gasteiger partial charge on any atom is 0.424 e. The second-order valence-electron chi connectivity index (χ2n) is 7.92. The summed E-state index contributed by atoms with van der Waals surface area (Å²) < 4.78 is 5.79. The molecule has 2 aromatic rings. The highest BCUT2D eigenvalue weighted by Crippen LogP contribution is 2.45. The molecule has 0 N–H and O–H groups in total. The smallest absolute Gasteiger partial charge is 0.264 e. The van der Waals surface area contributed by atoms with Crippen molar-refractivity contribution in [2.24, 2.45) is 0 Å². The van der Waals surface area contributed by atoms with Gasteiger partial charge in [-0.05, 0) is 37.1 Å². The molecular formula is C22H26N4O9. The zero-order valence-corrected chi connectivity index (χ0v) is 19.2. The third-order valence-electron chi connectivity index (χ3n) is 5.77. The molecule has 0 bridgehead atoms. The van der Waals surface area contributed by atoms with Crippen molar-refractivity contribution in [1.29, 1.82) is 0 Å². The quantitative estimate of drug-likeness (QED) is 0.213. The van der Waals surface area contributed by atoms with Crippen LogP contribution in [-0.4, -0.2) is 31.8 Å². The number of rotatable bonds is 14. The van der Waals surface area contributed by atoms with Gasteiger partial charge in [0.25, 0.3) is 0 Å². The lowest BCUT2D eigenvalue weighted by atomic mass is 9.88. The largest absolute Gasteiger partial charge is 0.424 e. The Balaban J connectivity index is 3.04. The molecule has 2 aromatic carbocycles. The maximum absolute atomic E-state index is 12.7. The third kappa shape index (κ3) is 5.09. The summed E-state index contributed by atoms with van der Waals surface area (Å²) >= 11 is 0. The van der Waals surface area contributed by atoms with Crippen LogP contribution >= 0.6 is 0 Å². The first kappa shape index (κ1) is 27.2. The fourth-order valence-electron chi connectivity index (χ4n) is 4.19. The van der Waals surface area contributed by atoms with E-state index in [9.17, 15) is 40.5 Å². The summed E-state index contributed by atoms with van der Waals surface area (Å²) in [5, 5.41) is 49.7. The van der Waals surface area contributed by atoms with Crippen LogP contribution < -0.4 is 0 Å². The summed E-state index contributed by atoms with van der Waals surface area (Å²) in [4.78, 5) is 45.7. The molecule has 13 heteroatoms. The second kappa shape index (κ2) is 11.4. The van der Waals surface area contributed by atoms with Gasteiger partial charge < -0.3 is 0 Å². The predicted octanol–water partition coefficient (Wildman–Crippen LogP) is 4.15. The molecule has 35 heavy (non-hydrogen) atoms. The van der Waals surface area contributed by atoms with Crippen molar-refractivity contribution in [3.05, 3.63) is 112 Å². The van der Waals surface area contributed by atoms with Gasteiger partial charge in [-0.1, -0.05) is 50.2 Å². The van der Waals surface area contributed by atoms with Crippen molar-refractivity contribution in [3.63, 3.8) is 0 Å². The van der Waals surface area contributed by atoms with Crippen molar-refractivity contribution in [2.45, 2.75) is 63.1 Å². The van der Waals surface area contributed by atoms with Crippen molar-refractivity contribution >= 4 is 0 Å². The summed E-state index contributed by atoms with van der Waals surface area (Å²) in [6, 6.07) is 9.06. The normalized spacial score (nSPS) is 16.3. The Bertz CT molecular complexity index is 970. The summed E-state index contributed by atoms with van der Waals surface area (Å²) in [7, 11) is 0. The Kier molecular flexibility index (Phi) is 8.89. The minimum Gasteiger partial charge on any atom is -0.264 e. The molecule has 4 unspecified atom stereocenters. The van der Waals surface area contributed by atoms with Gasteiger partial charge >= 0.3 is 23.5 Å². The molecule has 0 saturated carbocycles. The lowest BCUT2D eigenvalue weighted by Crippen LogP contribution is -2.62. The highest BCUT2D eigenvalue weighted by Gasteiger charge is 2.73. The molecule has 13 nitrogen and oxygen atoms in total. The standard InChI is InChI=1S/C22H26N4O9/c1-3-11-19(23(27)28)21(25(31)32,17-13-7-5-8-14-17)35-22(26(33)34,18-15-9-6-10-16-18)20(12-4-2)24(29)30/h5-10,13-16,19-20H,3-4,11-12H2,1-2H3. The molecule has 0 amide bonds. The van der Waals surface area contributed by atoms with Gasteiger partial charge in [-0.15, -0.1) is 0 Å². The molecule has 0 fully saturated rings. The van der Waals surface area contributed by atoms with Gasteiger partial charge in [-0.3, -0.25) is 40.5 Å². The van der Waals surface area contributed by atoms with E-state index in [1.165, 1.54) is 60.7 Å². The summed E-state index contributed by atoms with van der Waals surface area (Å²) in [6.07, 6.45) is -0.519. The SMILES string of the molecule is CCCC([N+](=O)[O-])C(OC(c1ccccc1)(C(CCC)[N+](=O)[O-])[N+](=O)[O-])(c1ccccc1)[N+](=O)[O-]. The minimum atomic E-state index is -3.11. The van der Waals surface area contributed by atoms with Crippen molar-refractivity contribution < 1.29 is 24.4 Å². The van der Waals surface area contributed by atoms with Gasteiger partial charge in [-0.25, -0.2) is 4.74 Å². The van der Waals surface area contributed by atoms with Crippen LogP contribution in [0.5, 0.6) is 0 Å². The first-order chi connectivity index (χ1) is 16.6. The highest BCUT2D eigenvalue weighted by atomic mass is 16.7. The van der Waals surface area contributed by atoms with Crippen molar-refractivity contribution in [2.75, 3.05) is 0 Å². The van der Waals surface area contributed by atoms with E-state index >= 15 is 0 Å². The summed E-state index contributed by atoms with van der Waals surface area (Å²) in [6.45, 7) is 3.11. The van der Waals surface area contributed by atoms with Crippen LogP contribution in [-0.2, 0) is 16.2 Å². The van der Waals surface area contributed by atoms with Crippen LogP contribution in [0, 0.1) is 40.5 Å². The van der Waals surface area contributed by atoms with E-state index in [2.05, 4.69) is 0 Å². The Hall–Kier alpha value is -4.00. The molecule has 0 aliphatic carbocycles. The fraction of sp³-hybridized carbons (Fsp3) is 0.455. The predicted molar refractivity (Wildman–Crippen MR) is 123 cm³/mol. The van der Waals surface area contributed by atoms with E-state index in [1.54, 1.807) is 13.8 Å². The third-order valence-corrected chi connectivity index (χ3v) is 5.77. The fourth-order valence-corrected chi connectivity index (χ4v) is 4.19. The van der Waals surface area contributed by atoms with Crippen molar-refractivity contribution in [1.82, 2.24) is 0 Å². The first-order valence-corrected chi connectivity index (χ1v) is 11.0. The lowest BCUT2D eigenvalue weighted by molar-refractivity contribution is -0.785. The Morgan fingerprint density at radius 2 is 0.971 bits per heavy atom. The molecule has 0 spiro atoms. The van der Waals surface area contributed by atoms with Crippen LogP contribution in [0.3, 0.4) is 0 Å². The summed E-state index contributed by atoms with van der Waals surface area (Å²) in [5.74, 6) is 0. The lowest BCUT2D eigenvalue weighted by Gasteiger charge is -2.35. The molecule has 0 saturated heterocycles. The molecule has 4 atom stereocenters. The Labute approximate surface area is 200 Å². The van der Waals surface area contributed by atoms with Gasteiger partial charge in [0.15, 0.2) is 0 Å². The molecule has 0 aliphatic heterocycles. The molecule has 0 aromatic heterocycles. The second-order valence-corrected chi connectivity index (χ2v) is 7.92. The van der Waals surface area contributed by atoms with E-state index in [1.807, 2.05) is 0 Å². The van der Waals surface area contributed by atoms with Crippen molar-refractivity contribution in [3.8, 4) is 0 Å². The van der Waals surface area contributed by atoms with E-state index in [-0.39, 0.29) is 36.8 Å². The monoisotopic (exact) mass is 490 g/mol. The number of nitrogens with zero attached hydrogens (tertiary/aromatic N) is 4. The minimum absolute atomic E-state index is 0.113. The number of ether oxygens (including phenoxy) is 1. The molecule has 2 rings (SSSR count).